The molecule has 3 rings (SSSR count). The number of benzene rings is 1. The van der Waals surface area contributed by atoms with Crippen LogP contribution < -0.4 is 15.0 Å². The van der Waals surface area contributed by atoms with Crippen LogP contribution in [0.5, 0.6) is 11.8 Å². The van der Waals surface area contributed by atoms with E-state index in [-0.39, 0.29) is 10.8 Å². The zero-order valence-corrected chi connectivity index (χ0v) is 13.2. The summed E-state index contributed by atoms with van der Waals surface area (Å²) in [5.74, 6) is 0.204. The number of rotatable bonds is 3. The molecule has 0 amide bonds. The van der Waals surface area contributed by atoms with Gasteiger partial charge in [0.25, 0.3) is 0 Å². The van der Waals surface area contributed by atoms with E-state index in [0.717, 1.165) is 44.1 Å². The van der Waals surface area contributed by atoms with Crippen LogP contribution in [0.4, 0.5) is 18.9 Å². The summed E-state index contributed by atoms with van der Waals surface area (Å²) in [6.07, 6.45) is -3.56. The van der Waals surface area contributed by atoms with Gasteiger partial charge in [-0.25, -0.2) is 4.98 Å². The second kappa shape index (κ2) is 6.82. The van der Waals surface area contributed by atoms with E-state index in [4.69, 9.17) is 16.3 Å². The predicted octanol–water partition coefficient (Wildman–Crippen LogP) is 3.35. The van der Waals surface area contributed by atoms with Crippen molar-refractivity contribution in [2.24, 2.45) is 0 Å². The van der Waals surface area contributed by atoms with Gasteiger partial charge in [-0.05, 0) is 24.3 Å². The molecule has 128 valence electrons. The Morgan fingerprint density at radius 2 is 1.92 bits per heavy atom. The zero-order chi connectivity index (χ0) is 17.2. The number of alkyl halides is 3. The van der Waals surface area contributed by atoms with Gasteiger partial charge < -0.3 is 15.0 Å². The molecule has 0 saturated carbocycles. The van der Waals surface area contributed by atoms with Crippen LogP contribution in [-0.2, 0) is 6.18 Å². The Bertz CT molecular complexity index is 720. The van der Waals surface area contributed by atoms with E-state index < -0.39 is 17.9 Å². The lowest BCUT2D eigenvalue weighted by atomic mass is 10.2. The van der Waals surface area contributed by atoms with E-state index in [1.807, 2.05) is 0 Å². The van der Waals surface area contributed by atoms with Crippen LogP contribution in [-0.4, -0.2) is 36.1 Å². The topological polar surface area (TPSA) is 50.3 Å². The molecule has 1 aliphatic heterocycles. The molecule has 1 aromatic heterocycles. The Morgan fingerprint density at radius 3 is 2.58 bits per heavy atom. The molecule has 9 heteroatoms. The van der Waals surface area contributed by atoms with Crippen LogP contribution in [0.1, 0.15) is 5.69 Å². The number of piperazine rings is 1. The first kappa shape index (κ1) is 16.8. The quantitative estimate of drug-likeness (QED) is 0.912. The van der Waals surface area contributed by atoms with Crippen LogP contribution >= 0.6 is 11.6 Å². The summed E-state index contributed by atoms with van der Waals surface area (Å²) >= 11 is 6.18. The maximum Gasteiger partial charge on any atom is 0.433 e. The first-order valence-corrected chi connectivity index (χ1v) is 7.64. The fourth-order valence-electron chi connectivity index (χ4n) is 2.34. The number of ether oxygens (including phenoxy) is 1. The molecule has 2 aromatic rings. The highest BCUT2D eigenvalue weighted by atomic mass is 35.5. The summed E-state index contributed by atoms with van der Waals surface area (Å²) < 4.78 is 43.3. The van der Waals surface area contributed by atoms with Gasteiger partial charge in [0, 0.05) is 38.1 Å². The lowest BCUT2D eigenvalue weighted by Gasteiger charge is -2.29. The molecule has 1 saturated heterocycles. The monoisotopic (exact) mass is 358 g/mol. The number of halogens is 4. The predicted molar refractivity (Wildman–Crippen MR) is 83.6 cm³/mol. The summed E-state index contributed by atoms with van der Waals surface area (Å²) in [6, 6.07) is 5.50. The molecular formula is C15H14ClF3N4O. The largest absolute Gasteiger partial charge is 0.433 e. The second-order valence-electron chi connectivity index (χ2n) is 5.18. The van der Waals surface area contributed by atoms with Crippen molar-refractivity contribution in [3.63, 3.8) is 0 Å². The van der Waals surface area contributed by atoms with Gasteiger partial charge in [0.1, 0.15) is 5.75 Å². The van der Waals surface area contributed by atoms with Crippen LogP contribution in [0.3, 0.4) is 0 Å². The van der Waals surface area contributed by atoms with E-state index in [9.17, 15) is 13.2 Å². The van der Waals surface area contributed by atoms with Crippen molar-refractivity contribution in [1.82, 2.24) is 15.3 Å². The molecule has 0 bridgehead atoms. The maximum atomic E-state index is 12.7. The number of aromatic nitrogens is 2. The first-order valence-electron chi connectivity index (χ1n) is 7.27. The molecule has 24 heavy (non-hydrogen) atoms. The third-order valence-electron chi connectivity index (χ3n) is 3.52. The molecule has 1 fully saturated rings. The molecule has 0 spiro atoms. The highest BCUT2D eigenvalue weighted by Crippen LogP contribution is 2.33. The molecule has 2 heterocycles. The van der Waals surface area contributed by atoms with Gasteiger partial charge in [-0.2, -0.15) is 18.2 Å². The first-order chi connectivity index (χ1) is 11.4. The molecule has 5 nitrogen and oxygen atoms in total. The minimum Gasteiger partial charge on any atom is -0.423 e. The molecule has 1 aromatic carbocycles. The molecule has 0 aliphatic carbocycles. The SMILES string of the molecule is FC(F)(F)c1ccnc(Oc2ccc(N3CCNCC3)cc2Cl)n1. The third-order valence-corrected chi connectivity index (χ3v) is 3.82. The number of hydrogen-bond donors (Lipinski definition) is 1. The molecule has 1 aliphatic rings. The van der Waals surface area contributed by atoms with Crippen molar-refractivity contribution in [2.75, 3.05) is 31.1 Å². The summed E-state index contributed by atoms with van der Waals surface area (Å²) in [6.45, 7) is 3.47. The Hall–Kier alpha value is -2.06. The molecule has 0 radical (unpaired) electrons. The van der Waals surface area contributed by atoms with Gasteiger partial charge in [0.15, 0.2) is 5.69 Å². The number of nitrogens with zero attached hydrogens (tertiary/aromatic N) is 3. The highest BCUT2D eigenvalue weighted by molar-refractivity contribution is 6.32. The third kappa shape index (κ3) is 3.88. The number of nitrogens with one attached hydrogen (secondary N) is 1. The summed E-state index contributed by atoms with van der Waals surface area (Å²) in [5, 5.41) is 3.54. The van der Waals surface area contributed by atoms with Crippen molar-refractivity contribution in [2.45, 2.75) is 6.18 Å². The van der Waals surface area contributed by atoms with Crippen LogP contribution in [0.2, 0.25) is 5.02 Å². The average molecular weight is 359 g/mol. The lowest BCUT2D eigenvalue weighted by molar-refractivity contribution is -0.141. The van der Waals surface area contributed by atoms with Crippen molar-refractivity contribution >= 4 is 17.3 Å². The van der Waals surface area contributed by atoms with E-state index >= 15 is 0 Å². The minimum atomic E-state index is -4.56. The lowest BCUT2D eigenvalue weighted by Crippen LogP contribution is -2.43. The van der Waals surface area contributed by atoms with Crippen LogP contribution in [0, 0.1) is 0 Å². The van der Waals surface area contributed by atoms with Gasteiger partial charge in [-0.3, -0.25) is 0 Å². The van der Waals surface area contributed by atoms with Crippen molar-refractivity contribution < 1.29 is 17.9 Å². The van der Waals surface area contributed by atoms with Crippen LogP contribution in [0.25, 0.3) is 0 Å². The smallest absolute Gasteiger partial charge is 0.423 e. The van der Waals surface area contributed by atoms with Gasteiger partial charge in [-0.1, -0.05) is 11.6 Å². The molecule has 0 atom stereocenters. The van der Waals surface area contributed by atoms with Gasteiger partial charge in [0.2, 0.25) is 0 Å². The maximum absolute atomic E-state index is 12.7. The minimum absolute atomic E-state index is 0.204. The zero-order valence-electron chi connectivity index (χ0n) is 12.5. The van der Waals surface area contributed by atoms with Gasteiger partial charge in [0.05, 0.1) is 5.02 Å². The van der Waals surface area contributed by atoms with Crippen molar-refractivity contribution in [1.29, 1.82) is 0 Å². The Morgan fingerprint density at radius 1 is 1.17 bits per heavy atom. The second-order valence-corrected chi connectivity index (χ2v) is 5.58. The standard InChI is InChI=1S/C15H14ClF3N4O/c16-11-9-10(23-7-5-20-6-8-23)1-2-12(11)24-14-21-4-3-13(22-14)15(17,18)19/h1-4,9,20H,5-8H2. The molecule has 1 N–H and O–H groups in total. The van der Waals surface area contributed by atoms with Gasteiger partial charge >= 0.3 is 12.2 Å². The van der Waals surface area contributed by atoms with E-state index in [2.05, 4.69) is 20.2 Å². The fourth-order valence-corrected chi connectivity index (χ4v) is 2.55. The van der Waals surface area contributed by atoms with E-state index in [1.165, 1.54) is 0 Å². The highest BCUT2D eigenvalue weighted by Gasteiger charge is 2.33. The molecular weight excluding hydrogens is 345 g/mol. The van der Waals surface area contributed by atoms with Crippen molar-refractivity contribution in [3.05, 3.63) is 41.2 Å². The molecule has 0 unspecified atom stereocenters. The Labute approximate surface area is 141 Å². The normalized spacial score (nSPS) is 15.4. The average Bonchev–Trinajstić information content (AvgIpc) is 2.57. The van der Waals surface area contributed by atoms with E-state index in [1.54, 1.807) is 18.2 Å². The summed E-state index contributed by atoms with van der Waals surface area (Å²) in [5.41, 5.74) is -0.139. The fraction of sp³-hybridized carbons (Fsp3) is 0.333. The Kier molecular flexibility index (Phi) is 4.77. The van der Waals surface area contributed by atoms with Crippen LogP contribution in [0.15, 0.2) is 30.5 Å². The Balaban J connectivity index is 1.78. The number of anilines is 1. The number of hydrogen-bond acceptors (Lipinski definition) is 5. The summed E-state index contributed by atoms with van der Waals surface area (Å²) in [7, 11) is 0. The summed E-state index contributed by atoms with van der Waals surface area (Å²) in [4.78, 5) is 9.21. The van der Waals surface area contributed by atoms with Gasteiger partial charge in [-0.15, -0.1) is 0 Å². The van der Waals surface area contributed by atoms with Crippen molar-refractivity contribution in [3.8, 4) is 11.8 Å². The van der Waals surface area contributed by atoms with E-state index in [0.29, 0.717) is 0 Å².